The molecule has 0 radical (unpaired) electrons. The first-order chi connectivity index (χ1) is 8.19. The van der Waals surface area contributed by atoms with Gasteiger partial charge < -0.3 is 10.0 Å². The molecule has 2 N–H and O–H groups in total. The van der Waals surface area contributed by atoms with Crippen LogP contribution in [0.15, 0.2) is 12.4 Å². The molecule has 2 fully saturated rings. The molecule has 1 aromatic heterocycles. The second-order valence-electron chi connectivity index (χ2n) is 5.13. The normalized spacial score (nSPS) is 23.7. The number of aromatic amines is 1. The molecule has 0 atom stereocenters. The number of rotatable bonds is 2. The first-order valence-electron chi connectivity index (χ1n) is 6.19. The van der Waals surface area contributed by atoms with Crippen molar-refractivity contribution in [1.82, 2.24) is 15.1 Å². The Morgan fingerprint density at radius 2 is 2.18 bits per heavy atom. The average molecular weight is 235 g/mol. The van der Waals surface area contributed by atoms with Gasteiger partial charge in [0, 0.05) is 19.3 Å². The Balaban J connectivity index is 1.59. The molecule has 2 heterocycles. The van der Waals surface area contributed by atoms with Crippen molar-refractivity contribution < 1.29 is 9.90 Å². The summed E-state index contributed by atoms with van der Waals surface area (Å²) in [5.41, 5.74) is 0.213. The lowest BCUT2D eigenvalue weighted by atomic mass is 9.91. The highest BCUT2D eigenvalue weighted by atomic mass is 16.3. The highest BCUT2D eigenvalue weighted by Crippen LogP contribution is 2.38. The van der Waals surface area contributed by atoms with Crippen molar-refractivity contribution >= 4 is 5.91 Å². The van der Waals surface area contributed by atoms with Crippen molar-refractivity contribution in [2.45, 2.75) is 37.2 Å². The van der Waals surface area contributed by atoms with Crippen LogP contribution in [-0.4, -0.2) is 44.8 Å². The Bertz CT molecular complexity index is 403. The van der Waals surface area contributed by atoms with E-state index in [2.05, 4.69) is 10.2 Å². The molecule has 0 aromatic carbocycles. The van der Waals surface area contributed by atoms with Gasteiger partial charge in [0.2, 0.25) is 0 Å². The summed E-state index contributed by atoms with van der Waals surface area (Å²) in [7, 11) is 0. The van der Waals surface area contributed by atoms with Gasteiger partial charge in [-0.25, -0.2) is 0 Å². The first kappa shape index (κ1) is 10.8. The van der Waals surface area contributed by atoms with E-state index in [1.165, 1.54) is 5.56 Å². The fourth-order valence-electron chi connectivity index (χ4n) is 2.53. The topological polar surface area (TPSA) is 69.2 Å². The van der Waals surface area contributed by atoms with Crippen LogP contribution in [0, 0.1) is 0 Å². The van der Waals surface area contributed by atoms with Crippen LogP contribution < -0.4 is 0 Å². The number of H-pyrrole nitrogens is 1. The largest absolute Gasteiger partial charge is 0.380 e. The summed E-state index contributed by atoms with van der Waals surface area (Å²) in [4.78, 5) is 13.7. The summed E-state index contributed by atoms with van der Waals surface area (Å²) >= 11 is 0. The molecule has 0 bridgehead atoms. The van der Waals surface area contributed by atoms with Crippen LogP contribution in [0.3, 0.4) is 0 Å². The highest BCUT2D eigenvalue weighted by Gasteiger charge is 2.50. The number of likely N-dealkylation sites (tertiary alicyclic amines) is 1. The predicted molar refractivity (Wildman–Crippen MR) is 61.3 cm³/mol. The fraction of sp³-hybridized carbons (Fsp3) is 0.667. The summed E-state index contributed by atoms with van der Waals surface area (Å²) in [5.74, 6) is 0.426. The fourth-order valence-corrected chi connectivity index (χ4v) is 2.53. The molecule has 3 rings (SSSR count). The molecule has 5 nitrogen and oxygen atoms in total. The van der Waals surface area contributed by atoms with E-state index in [0.717, 1.165) is 25.9 Å². The molecule has 5 heteroatoms. The van der Waals surface area contributed by atoms with E-state index in [1.807, 2.05) is 17.3 Å². The first-order valence-corrected chi connectivity index (χ1v) is 6.19. The second-order valence-corrected chi connectivity index (χ2v) is 5.13. The Morgan fingerprint density at radius 3 is 2.71 bits per heavy atom. The molecule has 1 saturated heterocycles. The van der Waals surface area contributed by atoms with E-state index >= 15 is 0 Å². The zero-order chi connectivity index (χ0) is 11.9. The summed E-state index contributed by atoms with van der Waals surface area (Å²) in [5, 5.41) is 16.6. The van der Waals surface area contributed by atoms with Crippen LogP contribution in [0.4, 0.5) is 0 Å². The molecule has 1 aliphatic carbocycles. The number of carbonyl (C=O) groups excluding carboxylic acids is 1. The summed E-state index contributed by atoms with van der Waals surface area (Å²) < 4.78 is 0. The van der Waals surface area contributed by atoms with Gasteiger partial charge in [-0.15, -0.1) is 0 Å². The van der Waals surface area contributed by atoms with Crippen LogP contribution in [0.1, 0.15) is 37.2 Å². The number of hydrogen-bond acceptors (Lipinski definition) is 3. The number of nitrogens with one attached hydrogen (secondary N) is 1. The molecule has 1 aromatic rings. The molecule has 0 unspecified atom stereocenters. The van der Waals surface area contributed by atoms with Gasteiger partial charge >= 0.3 is 0 Å². The lowest BCUT2D eigenvalue weighted by molar-refractivity contribution is -0.143. The maximum Gasteiger partial charge on any atom is 0.254 e. The lowest BCUT2D eigenvalue weighted by Crippen LogP contribution is -2.44. The number of aliphatic hydroxyl groups is 1. The Hall–Kier alpha value is -1.36. The monoisotopic (exact) mass is 235 g/mol. The smallest absolute Gasteiger partial charge is 0.254 e. The highest BCUT2D eigenvalue weighted by molar-refractivity contribution is 5.87. The van der Waals surface area contributed by atoms with Gasteiger partial charge in [0.15, 0.2) is 0 Å². The number of carbonyl (C=O) groups is 1. The quantitative estimate of drug-likeness (QED) is 0.790. The van der Waals surface area contributed by atoms with E-state index in [1.54, 1.807) is 0 Å². The van der Waals surface area contributed by atoms with E-state index in [9.17, 15) is 9.90 Å². The zero-order valence-electron chi connectivity index (χ0n) is 9.72. The van der Waals surface area contributed by atoms with Crippen molar-refractivity contribution in [1.29, 1.82) is 0 Å². The molecule has 2 aliphatic rings. The number of piperidine rings is 1. The minimum absolute atomic E-state index is 0.0665. The van der Waals surface area contributed by atoms with Crippen LogP contribution in [-0.2, 0) is 4.79 Å². The number of nitrogens with zero attached hydrogens (tertiary/aromatic N) is 2. The van der Waals surface area contributed by atoms with Gasteiger partial charge in [-0.05, 0) is 37.2 Å². The van der Waals surface area contributed by atoms with Gasteiger partial charge in [0.1, 0.15) is 5.60 Å². The number of aromatic nitrogens is 2. The van der Waals surface area contributed by atoms with E-state index in [4.69, 9.17) is 0 Å². The third-order valence-corrected chi connectivity index (χ3v) is 3.89. The van der Waals surface area contributed by atoms with Gasteiger partial charge in [-0.3, -0.25) is 9.89 Å². The maximum absolute atomic E-state index is 11.9. The molecule has 1 aliphatic heterocycles. The third-order valence-electron chi connectivity index (χ3n) is 3.89. The minimum Gasteiger partial charge on any atom is -0.380 e. The summed E-state index contributed by atoms with van der Waals surface area (Å²) in [6.45, 7) is 1.49. The molecule has 0 spiro atoms. The molecular weight excluding hydrogens is 218 g/mol. The maximum atomic E-state index is 11.9. The van der Waals surface area contributed by atoms with Gasteiger partial charge in [-0.2, -0.15) is 5.10 Å². The van der Waals surface area contributed by atoms with Crippen molar-refractivity contribution in [3.8, 4) is 0 Å². The van der Waals surface area contributed by atoms with E-state index in [-0.39, 0.29) is 5.91 Å². The Morgan fingerprint density at radius 1 is 1.47 bits per heavy atom. The SMILES string of the molecule is O=C(N1CCC(c2cn[nH]c2)CC1)C1(O)CC1. The Kier molecular flexibility index (Phi) is 2.43. The number of hydrogen-bond donors (Lipinski definition) is 2. The summed E-state index contributed by atoms with van der Waals surface area (Å²) in [6.07, 6.45) is 6.97. The van der Waals surface area contributed by atoms with E-state index < -0.39 is 5.60 Å². The van der Waals surface area contributed by atoms with Crippen molar-refractivity contribution in [2.24, 2.45) is 0 Å². The van der Waals surface area contributed by atoms with Crippen molar-refractivity contribution in [2.75, 3.05) is 13.1 Å². The molecule has 17 heavy (non-hydrogen) atoms. The standard InChI is InChI=1S/C12H17N3O2/c16-11(12(17)3-4-12)15-5-1-9(2-6-15)10-7-13-14-8-10/h7-9,17H,1-6H2,(H,13,14). The molecular formula is C12H17N3O2. The van der Waals surface area contributed by atoms with E-state index in [0.29, 0.717) is 18.8 Å². The molecule has 1 amide bonds. The Labute approximate surface area is 99.8 Å². The third kappa shape index (κ3) is 1.95. The van der Waals surface area contributed by atoms with Gasteiger partial charge in [0.25, 0.3) is 5.91 Å². The van der Waals surface area contributed by atoms with Crippen LogP contribution in [0.2, 0.25) is 0 Å². The average Bonchev–Trinajstić information content (AvgIpc) is 2.91. The van der Waals surface area contributed by atoms with Gasteiger partial charge in [0.05, 0.1) is 6.20 Å². The zero-order valence-corrected chi connectivity index (χ0v) is 9.72. The van der Waals surface area contributed by atoms with Crippen LogP contribution in [0.25, 0.3) is 0 Å². The second kappa shape index (κ2) is 3.84. The summed E-state index contributed by atoms with van der Waals surface area (Å²) in [6, 6.07) is 0. The van der Waals surface area contributed by atoms with Gasteiger partial charge in [-0.1, -0.05) is 0 Å². The molecule has 1 saturated carbocycles. The minimum atomic E-state index is -1.01. The predicted octanol–water partition coefficient (Wildman–Crippen LogP) is 0.641. The lowest BCUT2D eigenvalue weighted by Gasteiger charge is -2.33. The van der Waals surface area contributed by atoms with Crippen molar-refractivity contribution in [3.63, 3.8) is 0 Å². The number of amides is 1. The van der Waals surface area contributed by atoms with Crippen LogP contribution in [0.5, 0.6) is 0 Å². The van der Waals surface area contributed by atoms with Crippen molar-refractivity contribution in [3.05, 3.63) is 18.0 Å². The molecule has 92 valence electrons. The van der Waals surface area contributed by atoms with Crippen LogP contribution >= 0.6 is 0 Å².